The van der Waals surface area contributed by atoms with Crippen LogP contribution in [0.4, 0.5) is 5.69 Å². The van der Waals surface area contributed by atoms with Crippen LogP contribution < -0.4 is 15.8 Å². The maximum absolute atomic E-state index is 11.7. The molecule has 1 aromatic heterocycles. The van der Waals surface area contributed by atoms with Gasteiger partial charge in [0.25, 0.3) is 5.56 Å². The van der Waals surface area contributed by atoms with E-state index in [-0.39, 0.29) is 11.7 Å². The molecule has 1 aromatic rings. The van der Waals surface area contributed by atoms with Crippen molar-refractivity contribution in [3.8, 4) is 0 Å². The van der Waals surface area contributed by atoms with Gasteiger partial charge in [0.15, 0.2) is 0 Å². The summed E-state index contributed by atoms with van der Waals surface area (Å²) in [6, 6.07) is 2.36. The number of nitrogens with one attached hydrogen (secondary N) is 1. The molecule has 1 N–H and O–H groups in total. The van der Waals surface area contributed by atoms with Crippen LogP contribution in [0, 0.1) is 0 Å². The van der Waals surface area contributed by atoms with E-state index in [2.05, 4.69) is 15.3 Å². The van der Waals surface area contributed by atoms with Crippen LogP contribution in [0.3, 0.4) is 0 Å². The van der Waals surface area contributed by atoms with E-state index in [9.17, 15) is 4.79 Å². The van der Waals surface area contributed by atoms with Crippen LogP contribution in [0.1, 0.15) is 38.5 Å². The zero-order valence-electron chi connectivity index (χ0n) is 14.0. The van der Waals surface area contributed by atoms with Gasteiger partial charge in [-0.05, 0) is 25.8 Å². The lowest BCUT2D eigenvalue weighted by atomic mass is 9.95. The van der Waals surface area contributed by atoms with Crippen molar-refractivity contribution in [3.63, 3.8) is 0 Å². The smallest absolute Gasteiger partial charge is 0.268 e. The summed E-state index contributed by atoms with van der Waals surface area (Å²) in [4.78, 5) is 14.0. The fraction of sp³-hybridized carbons (Fsp3) is 0.765. The Morgan fingerprint density at radius 1 is 1.35 bits per heavy atom. The molecule has 2 fully saturated rings. The summed E-state index contributed by atoms with van der Waals surface area (Å²) in [6.45, 7) is 3.38. The minimum absolute atomic E-state index is 0.0653. The highest BCUT2D eigenvalue weighted by Crippen LogP contribution is 2.18. The highest BCUT2D eigenvalue weighted by molar-refractivity contribution is 5.43. The molecule has 2 heterocycles. The summed E-state index contributed by atoms with van der Waals surface area (Å²) in [5.41, 5.74) is 0.839. The number of ether oxygens (including phenoxy) is 1. The third-order valence-corrected chi connectivity index (χ3v) is 4.96. The number of aromatic nitrogens is 2. The number of anilines is 1. The van der Waals surface area contributed by atoms with Crippen molar-refractivity contribution in [1.82, 2.24) is 15.1 Å². The number of hydrogen-bond donors (Lipinski definition) is 1. The van der Waals surface area contributed by atoms with Crippen LogP contribution >= 0.6 is 0 Å². The molecular formula is C17H28N4O2. The van der Waals surface area contributed by atoms with Gasteiger partial charge in [0.05, 0.1) is 24.6 Å². The molecule has 1 atom stereocenters. The van der Waals surface area contributed by atoms with Gasteiger partial charge in [-0.25, -0.2) is 4.68 Å². The number of hydrogen-bond acceptors (Lipinski definition) is 5. The van der Waals surface area contributed by atoms with Crippen molar-refractivity contribution < 1.29 is 4.74 Å². The van der Waals surface area contributed by atoms with Crippen molar-refractivity contribution in [2.24, 2.45) is 7.05 Å². The van der Waals surface area contributed by atoms with Crippen LogP contribution in [0.25, 0.3) is 0 Å². The van der Waals surface area contributed by atoms with E-state index < -0.39 is 0 Å². The number of rotatable bonds is 5. The lowest BCUT2D eigenvalue weighted by molar-refractivity contribution is 0.0348. The van der Waals surface area contributed by atoms with E-state index >= 15 is 0 Å². The molecule has 1 aliphatic carbocycles. The third-order valence-electron chi connectivity index (χ3n) is 4.96. The second-order valence-electron chi connectivity index (χ2n) is 6.69. The topological polar surface area (TPSA) is 59.4 Å². The fourth-order valence-electron chi connectivity index (χ4n) is 3.52. The molecule has 3 rings (SSSR count). The van der Waals surface area contributed by atoms with Gasteiger partial charge in [0, 0.05) is 32.2 Å². The van der Waals surface area contributed by atoms with Gasteiger partial charge in [0.2, 0.25) is 0 Å². The molecule has 1 aliphatic heterocycles. The highest BCUT2D eigenvalue weighted by Gasteiger charge is 2.21. The van der Waals surface area contributed by atoms with Crippen molar-refractivity contribution in [3.05, 3.63) is 22.6 Å². The Kier molecular flexibility index (Phi) is 5.67. The molecule has 1 saturated heterocycles. The second-order valence-corrected chi connectivity index (χ2v) is 6.69. The monoisotopic (exact) mass is 320 g/mol. The van der Waals surface area contributed by atoms with Crippen molar-refractivity contribution in [2.75, 3.05) is 31.1 Å². The van der Waals surface area contributed by atoms with Gasteiger partial charge in [-0.3, -0.25) is 4.79 Å². The van der Waals surface area contributed by atoms with Crippen molar-refractivity contribution >= 4 is 5.69 Å². The van der Waals surface area contributed by atoms with E-state index in [1.165, 1.54) is 36.8 Å². The fourth-order valence-corrected chi connectivity index (χ4v) is 3.52. The SMILES string of the molecule is Cn1ncc(N2CCO[C@@H](CCNC3CCCCC3)C2)cc1=O. The first-order valence-electron chi connectivity index (χ1n) is 8.85. The molecule has 0 amide bonds. The Hall–Kier alpha value is -1.40. The minimum Gasteiger partial charge on any atom is -0.374 e. The quantitative estimate of drug-likeness (QED) is 0.886. The Morgan fingerprint density at radius 2 is 2.17 bits per heavy atom. The Morgan fingerprint density at radius 3 is 2.96 bits per heavy atom. The summed E-state index contributed by atoms with van der Waals surface area (Å²) < 4.78 is 7.24. The molecule has 2 aliphatic rings. The molecular weight excluding hydrogens is 292 g/mol. The predicted octanol–water partition coefficient (Wildman–Crippen LogP) is 1.30. The van der Waals surface area contributed by atoms with Crippen molar-refractivity contribution in [2.45, 2.75) is 50.7 Å². The molecule has 6 heteroatoms. The van der Waals surface area contributed by atoms with Crippen molar-refractivity contribution in [1.29, 1.82) is 0 Å². The first-order valence-corrected chi connectivity index (χ1v) is 8.85. The largest absolute Gasteiger partial charge is 0.374 e. The van der Waals surface area contributed by atoms with Crippen LogP contribution in [-0.2, 0) is 11.8 Å². The van der Waals surface area contributed by atoms with Crippen LogP contribution in [-0.4, -0.2) is 48.2 Å². The number of nitrogens with zero attached hydrogens (tertiary/aromatic N) is 3. The number of aryl methyl sites for hydroxylation is 1. The molecule has 23 heavy (non-hydrogen) atoms. The lowest BCUT2D eigenvalue weighted by Gasteiger charge is -2.34. The second kappa shape index (κ2) is 7.93. The van der Waals surface area contributed by atoms with Gasteiger partial charge in [-0.1, -0.05) is 19.3 Å². The molecule has 0 bridgehead atoms. The molecule has 0 unspecified atom stereocenters. The predicted molar refractivity (Wildman–Crippen MR) is 90.9 cm³/mol. The maximum Gasteiger partial charge on any atom is 0.268 e. The van der Waals surface area contributed by atoms with E-state index in [0.29, 0.717) is 12.6 Å². The molecule has 0 aromatic carbocycles. The van der Waals surface area contributed by atoms with Crippen LogP contribution in [0.2, 0.25) is 0 Å². The van der Waals surface area contributed by atoms with Crippen LogP contribution in [0.5, 0.6) is 0 Å². The van der Waals surface area contributed by atoms with E-state index in [1.54, 1.807) is 19.3 Å². The number of morpholine rings is 1. The van der Waals surface area contributed by atoms with E-state index in [1.807, 2.05) is 0 Å². The summed E-state index contributed by atoms with van der Waals surface area (Å²) in [5.74, 6) is 0. The zero-order valence-corrected chi connectivity index (χ0v) is 14.0. The minimum atomic E-state index is -0.0653. The van der Waals surface area contributed by atoms with E-state index in [0.717, 1.165) is 31.7 Å². The summed E-state index contributed by atoms with van der Waals surface area (Å²) >= 11 is 0. The summed E-state index contributed by atoms with van der Waals surface area (Å²) in [7, 11) is 1.67. The third kappa shape index (κ3) is 4.54. The molecule has 0 radical (unpaired) electrons. The molecule has 0 spiro atoms. The average Bonchev–Trinajstić information content (AvgIpc) is 2.59. The standard InChI is InChI=1S/C17H28N4O2/c1-20-17(22)11-15(12-19-20)21-9-10-23-16(13-21)7-8-18-14-5-3-2-4-6-14/h11-12,14,16,18H,2-10,13H2,1H3/t16-/m0/s1. The highest BCUT2D eigenvalue weighted by atomic mass is 16.5. The van der Waals surface area contributed by atoms with E-state index in [4.69, 9.17) is 4.74 Å². The maximum atomic E-state index is 11.7. The molecule has 6 nitrogen and oxygen atoms in total. The van der Waals surface area contributed by atoms with Gasteiger partial charge < -0.3 is 15.0 Å². The Bertz CT molecular complexity index is 554. The normalized spacial score (nSPS) is 23.2. The Balaban J connectivity index is 1.47. The average molecular weight is 320 g/mol. The van der Waals surface area contributed by atoms with Gasteiger partial charge in [-0.2, -0.15) is 5.10 Å². The Labute approximate surface area is 137 Å². The first-order chi connectivity index (χ1) is 11.2. The summed E-state index contributed by atoms with van der Waals surface area (Å²) in [6.07, 6.45) is 9.76. The summed E-state index contributed by atoms with van der Waals surface area (Å²) in [5, 5.41) is 7.79. The van der Waals surface area contributed by atoms with Crippen LogP contribution in [0.15, 0.2) is 17.1 Å². The van der Waals surface area contributed by atoms with Gasteiger partial charge in [0.1, 0.15) is 0 Å². The first kappa shape index (κ1) is 16.5. The van der Waals surface area contributed by atoms with Gasteiger partial charge >= 0.3 is 0 Å². The lowest BCUT2D eigenvalue weighted by Crippen LogP contribution is -2.44. The molecule has 1 saturated carbocycles. The molecule has 128 valence electrons. The van der Waals surface area contributed by atoms with Gasteiger partial charge in [-0.15, -0.1) is 0 Å². The zero-order chi connectivity index (χ0) is 16.1.